The van der Waals surface area contributed by atoms with E-state index in [1.807, 2.05) is 31.2 Å². The first-order chi connectivity index (χ1) is 12.4. The second-order valence-corrected chi connectivity index (χ2v) is 7.16. The first-order valence-corrected chi connectivity index (χ1v) is 8.50. The number of benzene rings is 2. The van der Waals surface area contributed by atoms with Crippen LogP contribution in [-0.4, -0.2) is 6.03 Å². The van der Waals surface area contributed by atoms with Gasteiger partial charge < -0.3 is 10.6 Å². The fourth-order valence-electron chi connectivity index (χ4n) is 2.48. The maximum absolute atomic E-state index is 12.9. The standard InChI is InChI=1S/C20H20ClF3N2O/c1-12(2)13-6-5-7-14(10-13)19(3,4)26-18(27)25-17-11-15(20(22,23)24)8-9-16(17)21/h5-11H,1H2,2-4H3,(H2,25,26,27). The summed E-state index contributed by atoms with van der Waals surface area (Å²) >= 11 is 5.91. The summed E-state index contributed by atoms with van der Waals surface area (Å²) in [5.41, 5.74) is 0.861. The molecule has 0 fully saturated rings. The van der Waals surface area contributed by atoms with Crippen LogP contribution in [0.5, 0.6) is 0 Å². The zero-order valence-corrected chi connectivity index (χ0v) is 15.9. The summed E-state index contributed by atoms with van der Waals surface area (Å²) in [5, 5.41) is 5.15. The van der Waals surface area contributed by atoms with Gasteiger partial charge in [0.2, 0.25) is 0 Å². The van der Waals surface area contributed by atoms with Crippen molar-refractivity contribution in [1.29, 1.82) is 0 Å². The van der Waals surface area contributed by atoms with Crippen LogP contribution < -0.4 is 10.6 Å². The average Bonchev–Trinajstić information content (AvgIpc) is 2.55. The fourth-order valence-corrected chi connectivity index (χ4v) is 2.65. The molecule has 0 atom stereocenters. The van der Waals surface area contributed by atoms with Gasteiger partial charge in [0.05, 0.1) is 21.8 Å². The highest BCUT2D eigenvalue weighted by molar-refractivity contribution is 6.33. The Balaban J connectivity index is 2.20. The van der Waals surface area contributed by atoms with E-state index in [1.165, 1.54) is 0 Å². The summed E-state index contributed by atoms with van der Waals surface area (Å²) in [6.07, 6.45) is -4.53. The largest absolute Gasteiger partial charge is 0.416 e. The molecular formula is C20H20ClF3N2O. The Labute approximate surface area is 161 Å². The van der Waals surface area contributed by atoms with Crippen molar-refractivity contribution < 1.29 is 18.0 Å². The monoisotopic (exact) mass is 396 g/mol. The summed E-state index contributed by atoms with van der Waals surface area (Å²) in [6, 6.07) is 9.61. The minimum absolute atomic E-state index is 0.0141. The molecule has 2 aromatic rings. The molecule has 0 saturated heterocycles. The summed E-state index contributed by atoms with van der Waals surface area (Å²) < 4.78 is 38.6. The molecular weight excluding hydrogens is 377 g/mol. The molecule has 144 valence electrons. The summed E-state index contributed by atoms with van der Waals surface area (Å²) in [6.45, 7) is 9.35. The van der Waals surface area contributed by atoms with Crippen molar-refractivity contribution in [3.63, 3.8) is 0 Å². The van der Waals surface area contributed by atoms with E-state index in [0.29, 0.717) is 0 Å². The summed E-state index contributed by atoms with van der Waals surface area (Å²) in [4.78, 5) is 12.4. The van der Waals surface area contributed by atoms with E-state index < -0.39 is 23.3 Å². The minimum atomic E-state index is -4.53. The van der Waals surface area contributed by atoms with Gasteiger partial charge in [0.25, 0.3) is 0 Å². The van der Waals surface area contributed by atoms with Crippen molar-refractivity contribution in [2.24, 2.45) is 0 Å². The Hall–Kier alpha value is -2.47. The van der Waals surface area contributed by atoms with Crippen LogP contribution in [0.1, 0.15) is 37.5 Å². The Morgan fingerprint density at radius 2 is 1.74 bits per heavy atom. The average molecular weight is 397 g/mol. The minimum Gasteiger partial charge on any atom is -0.329 e. The Morgan fingerprint density at radius 1 is 1.07 bits per heavy atom. The molecule has 2 aromatic carbocycles. The number of anilines is 1. The van der Waals surface area contributed by atoms with Gasteiger partial charge in [-0.2, -0.15) is 13.2 Å². The van der Waals surface area contributed by atoms with Gasteiger partial charge in [0.1, 0.15) is 0 Å². The van der Waals surface area contributed by atoms with Crippen LogP contribution >= 0.6 is 11.6 Å². The molecule has 0 saturated carbocycles. The molecule has 2 rings (SSSR count). The molecule has 0 aliphatic heterocycles. The molecule has 0 bridgehead atoms. The molecule has 0 unspecified atom stereocenters. The molecule has 0 aliphatic rings. The lowest BCUT2D eigenvalue weighted by Crippen LogP contribution is -2.43. The normalized spacial score (nSPS) is 11.8. The van der Waals surface area contributed by atoms with Gasteiger partial charge in [-0.15, -0.1) is 0 Å². The SMILES string of the molecule is C=C(C)c1cccc(C(C)(C)NC(=O)Nc2cc(C(F)(F)F)ccc2Cl)c1. The number of hydrogen-bond acceptors (Lipinski definition) is 1. The van der Waals surface area contributed by atoms with Crippen molar-refractivity contribution in [2.75, 3.05) is 5.32 Å². The number of allylic oxidation sites excluding steroid dienone is 1. The van der Waals surface area contributed by atoms with E-state index in [2.05, 4.69) is 17.2 Å². The highest BCUT2D eigenvalue weighted by atomic mass is 35.5. The molecule has 0 aliphatic carbocycles. The molecule has 3 nitrogen and oxygen atoms in total. The van der Waals surface area contributed by atoms with Gasteiger partial charge in [-0.3, -0.25) is 0 Å². The number of hydrogen-bond donors (Lipinski definition) is 2. The van der Waals surface area contributed by atoms with Gasteiger partial charge in [-0.25, -0.2) is 4.79 Å². The number of halogens is 4. The third-order valence-electron chi connectivity index (χ3n) is 4.04. The molecule has 2 amide bonds. The Bertz CT molecular complexity index is 876. The molecule has 0 heterocycles. The van der Waals surface area contributed by atoms with Gasteiger partial charge in [0, 0.05) is 0 Å². The van der Waals surface area contributed by atoms with Crippen LogP contribution in [0, 0.1) is 0 Å². The lowest BCUT2D eigenvalue weighted by Gasteiger charge is -2.28. The Morgan fingerprint density at radius 3 is 2.33 bits per heavy atom. The van der Waals surface area contributed by atoms with Gasteiger partial charge >= 0.3 is 12.2 Å². The van der Waals surface area contributed by atoms with Gasteiger partial charge in [0.15, 0.2) is 0 Å². The molecule has 7 heteroatoms. The highest BCUT2D eigenvalue weighted by Crippen LogP contribution is 2.34. The highest BCUT2D eigenvalue weighted by Gasteiger charge is 2.31. The molecule has 0 spiro atoms. The number of nitrogens with one attached hydrogen (secondary N) is 2. The summed E-state index contributed by atoms with van der Waals surface area (Å²) in [5.74, 6) is 0. The van der Waals surface area contributed by atoms with E-state index >= 15 is 0 Å². The summed E-state index contributed by atoms with van der Waals surface area (Å²) in [7, 11) is 0. The zero-order valence-electron chi connectivity index (χ0n) is 15.2. The van der Waals surface area contributed by atoms with Crippen molar-refractivity contribution in [2.45, 2.75) is 32.5 Å². The maximum Gasteiger partial charge on any atom is 0.416 e. The van der Waals surface area contributed by atoms with Crippen LogP contribution in [0.3, 0.4) is 0 Å². The lowest BCUT2D eigenvalue weighted by molar-refractivity contribution is -0.137. The number of urea groups is 1. The number of alkyl halides is 3. The van der Waals surface area contributed by atoms with Gasteiger partial charge in [-0.05, 0) is 56.2 Å². The number of rotatable bonds is 4. The van der Waals surface area contributed by atoms with E-state index in [-0.39, 0.29) is 10.7 Å². The van der Waals surface area contributed by atoms with E-state index in [1.54, 1.807) is 13.8 Å². The number of amides is 2. The van der Waals surface area contributed by atoms with Crippen LogP contribution in [0.2, 0.25) is 5.02 Å². The number of carbonyl (C=O) groups excluding carboxylic acids is 1. The first kappa shape index (κ1) is 20.8. The predicted octanol–water partition coefficient (Wildman–Crippen LogP) is 6.45. The predicted molar refractivity (Wildman–Crippen MR) is 103 cm³/mol. The van der Waals surface area contributed by atoms with Crippen molar-refractivity contribution in [1.82, 2.24) is 5.32 Å². The second-order valence-electron chi connectivity index (χ2n) is 6.76. The lowest BCUT2D eigenvalue weighted by atomic mass is 9.92. The fraction of sp³-hybridized carbons (Fsp3) is 0.250. The van der Waals surface area contributed by atoms with Crippen LogP contribution in [-0.2, 0) is 11.7 Å². The zero-order chi connectivity index (χ0) is 20.4. The maximum atomic E-state index is 12.9. The number of carbonyl (C=O) groups is 1. The van der Waals surface area contributed by atoms with E-state index in [0.717, 1.165) is 34.9 Å². The van der Waals surface area contributed by atoms with Crippen LogP contribution in [0.25, 0.3) is 5.57 Å². The third kappa shape index (κ3) is 5.26. The van der Waals surface area contributed by atoms with Crippen molar-refractivity contribution in [3.8, 4) is 0 Å². The second kappa shape index (κ2) is 7.64. The molecule has 0 radical (unpaired) electrons. The first-order valence-electron chi connectivity index (χ1n) is 8.12. The van der Waals surface area contributed by atoms with Crippen molar-refractivity contribution in [3.05, 3.63) is 70.8 Å². The molecule has 2 N–H and O–H groups in total. The Kier molecular flexibility index (Phi) is 5.90. The van der Waals surface area contributed by atoms with Crippen LogP contribution in [0.4, 0.5) is 23.7 Å². The van der Waals surface area contributed by atoms with Crippen LogP contribution in [0.15, 0.2) is 49.0 Å². The van der Waals surface area contributed by atoms with E-state index in [4.69, 9.17) is 11.6 Å². The molecule has 27 heavy (non-hydrogen) atoms. The third-order valence-corrected chi connectivity index (χ3v) is 4.37. The molecule has 0 aromatic heterocycles. The topological polar surface area (TPSA) is 41.1 Å². The van der Waals surface area contributed by atoms with E-state index in [9.17, 15) is 18.0 Å². The van der Waals surface area contributed by atoms with Crippen molar-refractivity contribution >= 4 is 28.9 Å². The smallest absolute Gasteiger partial charge is 0.329 e. The van der Waals surface area contributed by atoms with Gasteiger partial charge in [-0.1, -0.05) is 42.0 Å². The quantitative estimate of drug-likeness (QED) is 0.612.